The van der Waals surface area contributed by atoms with Crippen LogP contribution in [-0.4, -0.2) is 43.5 Å². The van der Waals surface area contributed by atoms with Gasteiger partial charge in [-0.3, -0.25) is 19.1 Å². The molecule has 1 fully saturated rings. The Morgan fingerprint density at radius 3 is 2.75 bits per heavy atom. The third-order valence-corrected chi connectivity index (χ3v) is 6.01. The van der Waals surface area contributed by atoms with Crippen molar-refractivity contribution in [2.24, 2.45) is 18.7 Å². The topological polar surface area (TPSA) is 118 Å². The third kappa shape index (κ3) is 4.33. The Labute approximate surface area is 185 Å². The van der Waals surface area contributed by atoms with Crippen LogP contribution in [0.2, 0.25) is 0 Å². The summed E-state index contributed by atoms with van der Waals surface area (Å²) in [5.41, 5.74) is 8.60. The second-order valence-corrected chi connectivity index (χ2v) is 8.07. The number of hydrogen-bond acceptors (Lipinski definition) is 6. The normalized spacial score (nSPS) is 18.9. The Kier molecular flexibility index (Phi) is 5.92. The second kappa shape index (κ2) is 8.80. The number of benzene rings is 1. The summed E-state index contributed by atoms with van der Waals surface area (Å²) >= 11 is 0. The van der Waals surface area contributed by atoms with E-state index in [1.165, 1.54) is 12.1 Å². The zero-order valence-electron chi connectivity index (χ0n) is 18.0. The van der Waals surface area contributed by atoms with Crippen LogP contribution in [-0.2, 0) is 13.6 Å². The average Bonchev–Trinajstić information content (AvgIpc) is 3.34. The number of nitrogens with zero attached hydrogens (tertiary/aromatic N) is 6. The van der Waals surface area contributed by atoms with E-state index in [-0.39, 0.29) is 29.2 Å². The van der Waals surface area contributed by atoms with Gasteiger partial charge in [-0.2, -0.15) is 15.5 Å². The van der Waals surface area contributed by atoms with E-state index in [0.29, 0.717) is 18.7 Å². The molecule has 2 aromatic heterocycles. The Balaban J connectivity index is 1.59. The van der Waals surface area contributed by atoms with Gasteiger partial charge in [0.15, 0.2) is 5.82 Å². The van der Waals surface area contributed by atoms with E-state index in [4.69, 9.17) is 5.73 Å². The van der Waals surface area contributed by atoms with Gasteiger partial charge in [0.25, 0.3) is 5.91 Å². The van der Waals surface area contributed by atoms with E-state index in [9.17, 15) is 14.4 Å². The fourth-order valence-electron chi connectivity index (χ4n) is 4.00. The van der Waals surface area contributed by atoms with Crippen molar-refractivity contribution in [3.05, 3.63) is 59.3 Å². The number of carbonyl (C=O) groups is 1. The number of halogens is 1. The number of anilines is 2. The molecule has 1 aliphatic heterocycles. The smallest absolute Gasteiger partial charge is 0.254 e. The zero-order valence-corrected chi connectivity index (χ0v) is 18.0. The predicted octanol–water partition coefficient (Wildman–Crippen LogP) is 2.49. The maximum absolute atomic E-state index is 13.2. The highest BCUT2D eigenvalue weighted by atomic mass is 19.1. The maximum Gasteiger partial charge on any atom is 0.254 e. The molecule has 0 saturated carbocycles. The molecule has 4 rings (SSSR count). The number of aromatic nitrogens is 4. The van der Waals surface area contributed by atoms with Gasteiger partial charge in [0.05, 0.1) is 24.2 Å². The summed E-state index contributed by atoms with van der Waals surface area (Å²) in [7, 11) is 1.91. The first kappa shape index (κ1) is 21.5. The van der Waals surface area contributed by atoms with Crippen LogP contribution in [0.15, 0.2) is 36.7 Å². The number of piperidine rings is 1. The van der Waals surface area contributed by atoms with Crippen LogP contribution < -0.4 is 11.1 Å². The summed E-state index contributed by atoms with van der Waals surface area (Å²) in [5, 5.41) is 21.6. The van der Waals surface area contributed by atoms with Gasteiger partial charge in [-0.15, -0.1) is 0 Å². The zero-order chi connectivity index (χ0) is 22.8. The molecule has 1 saturated heterocycles. The molecule has 1 aliphatic rings. The monoisotopic (exact) mass is 436 g/mol. The Hall–Kier alpha value is -3.71. The lowest BCUT2D eigenvalue weighted by Gasteiger charge is -2.35. The van der Waals surface area contributed by atoms with E-state index < -0.39 is 5.91 Å². The van der Waals surface area contributed by atoms with Crippen LogP contribution in [0.3, 0.4) is 0 Å². The minimum atomic E-state index is -0.631. The maximum atomic E-state index is 13.2. The van der Waals surface area contributed by atoms with Crippen LogP contribution in [0, 0.1) is 30.0 Å². The highest BCUT2D eigenvalue weighted by Gasteiger charge is 2.32. The van der Waals surface area contributed by atoms with E-state index in [2.05, 4.69) is 26.5 Å². The molecule has 9 nitrogen and oxygen atoms in total. The lowest BCUT2D eigenvalue weighted by atomic mass is 9.92. The van der Waals surface area contributed by atoms with Gasteiger partial charge in [0.2, 0.25) is 0 Å². The van der Waals surface area contributed by atoms with Gasteiger partial charge < -0.3 is 11.1 Å². The van der Waals surface area contributed by atoms with Gasteiger partial charge in [0.1, 0.15) is 11.4 Å². The first-order valence-corrected chi connectivity index (χ1v) is 10.4. The Morgan fingerprint density at radius 1 is 1.38 bits per heavy atom. The number of likely N-dealkylation sites (tertiary alicyclic amines) is 1. The summed E-state index contributed by atoms with van der Waals surface area (Å²) in [6, 6.07) is 7.87. The van der Waals surface area contributed by atoms with Crippen molar-refractivity contribution in [3.8, 4) is 6.07 Å². The van der Waals surface area contributed by atoms with Gasteiger partial charge in [-0.1, -0.05) is 0 Å². The molecular formula is C22H25FN8O. The van der Waals surface area contributed by atoms with Crippen molar-refractivity contribution in [1.82, 2.24) is 24.5 Å². The van der Waals surface area contributed by atoms with Crippen LogP contribution in [0.1, 0.15) is 34.1 Å². The molecule has 1 amide bonds. The molecule has 10 heteroatoms. The molecule has 0 spiro atoms. The van der Waals surface area contributed by atoms with E-state index in [1.807, 2.05) is 24.9 Å². The van der Waals surface area contributed by atoms with Crippen molar-refractivity contribution in [2.45, 2.75) is 25.9 Å². The molecule has 3 heterocycles. The highest BCUT2D eigenvalue weighted by Crippen LogP contribution is 2.30. The average molecular weight is 436 g/mol. The number of nitriles is 1. The van der Waals surface area contributed by atoms with Crippen molar-refractivity contribution >= 4 is 17.4 Å². The number of primary amides is 1. The quantitative estimate of drug-likeness (QED) is 0.613. The first-order valence-electron chi connectivity index (χ1n) is 10.4. The fourth-order valence-corrected chi connectivity index (χ4v) is 4.00. The molecule has 32 heavy (non-hydrogen) atoms. The predicted molar refractivity (Wildman–Crippen MR) is 116 cm³/mol. The summed E-state index contributed by atoms with van der Waals surface area (Å²) < 4.78 is 16.7. The van der Waals surface area contributed by atoms with Crippen LogP contribution in [0.5, 0.6) is 0 Å². The van der Waals surface area contributed by atoms with Crippen molar-refractivity contribution in [1.29, 1.82) is 5.26 Å². The molecule has 3 N–H and O–H groups in total. The van der Waals surface area contributed by atoms with Crippen LogP contribution in [0.4, 0.5) is 15.9 Å². The van der Waals surface area contributed by atoms with Crippen molar-refractivity contribution < 1.29 is 9.18 Å². The molecular weight excluding hydrogens is 411 g/mol. The van der Waals surface area contributed by atoms with E-state index in [1.54, 1.807) is 23.0 Å². The molecule has 0 bridgehead atoms. The number of nitrogens with one attached hydrogen (secondary N) is 1. The summed E-state index contributed by atoms with van der Waals surface area (Å²) in [4.78, 5) is 14.3. The number of nitrogens with two attached hydrogens (primary N) is 1. The molecule has 166 valence electrons. The lowest BCUT2D eigenvalue weighted by Crippen LogP contribution is -2.41. The Bertz CT molecular complexity index is 1160. The first-order chi connectivity index (χ1) is 15.4. The van der Waals surface area contributed by atoms with E-state index in [0.717, 1.165) is 24.3 Å². The summed E-state index contributed by atoms with van der Waals surface area (Å²) in [5.74, 6) is -0.964. The molecule has 0 unspecified atom stereocenters. The van der Waals surface area contributed by atoms with Crippen LogP contribution in [0.25, 0.3) is 0 Å². The third-order valence-electron chi connectivity index (χ3n) is 6.01. The molecule has 0 radical (unpaired) electrons. The summed E-state index contributed by atoms with van der Waals surface area (Å²) in [6.45, 7) is 4.14. The van der Waals surface area contributed by atoms with Gasteiger partial charge in [-0.05, 0) is 44.2 Å². The lowest BCUT2D eigenvalue weighted by molar-refractivity contribution is 0.1000. The molecule has 1 aromatic carbocycles. The second-order valence-electron chi connectivity index (χ2n) is 8.07. The summed E-state index contributed by atoms with van der Waals surface area (Å²) in [6.07, 6.45) is 4.14. The van der Waals surface area contributed by atoms with Gasteiger partial charge >= 0.3 is 0 Å². The number of aryl methyl sites for hydroxylation is 1. The number of carbonyl (C=O) groups excluding carboxylic acids is 1. The minimum absolute atomic E-state index is 0.214. The van der Waals surface area contributed by atoms with Crippen molar-refractivity contribution in [3.63, 3.8) is 0 Å². The molecule has 2 atom stereocenters. The standard InChI is InChI=1S/C22H25FN8O/c1-14-16(10-26-29(14)2)11-30-8-7-15(9-24)20(13-30)31-12-19(21(25)32)22(28-31)27-18-5-3-17(23)4-6-18/h3-6,10,12,15,20H,7-8,11,13H2,1-2H3,(H2,25,32)(H,27,28)/t15-,20+/m0/s1. The number of rotatable bonds is 6. The Morgan fingerprint density at radius 2 is 2.12 bits per heavy atom. The van der Waals surface area contributed by atoms with Crippen LogP contribution >= 0.6 is 0 Å². The molecule has 3 aromatic rings. The largest absolute Gasteiger partial charge is 0.365 e. The highest BCUT2D eigenvalue weighted by molar-refractivity contribution is 5.98. The number of hydrogen-bond donors (Lipinski definition) is 2. The minimum Gasteiger partial charge on any atom is -0.365 e. The van der Waals surface area contributed by atoms with E-state index >= 15 is 0 Å². The van der Waals surface area contributed by atoms with Gasteiger partial charge in [-0.25, -0.2) is 4.39 Å². The fraction of sp³-hybridized carbons (Fsp3) is 0.364. The number of amides is 1. The van der Waals surface area contributed by atoms with Crippen molar-refractivity contribution in [2.75, 3.05) is 18.4 Å². The molecule has 0 aliphatic carbocycles. The SMILES string of the molecule is Cc1c(CN2CC[C@@H](C#N)[C@H](n3cc(C(N)=O)c(Nc4ccc(F)cc4)n3)C2)cnn1C. The van der Waals surface area contributed by atoms with Gasteiger partial charge in [0, 0.05) is 43.3 Å².